The topological polar surface area (TPSA) is 35.1 Å². The SMILES string of the molecule is Cc1cc(F)ccc1C(Cl)c1ccc2c(c1)oc(=O)n2C. The summed E-state index contributed by atoms with van der Waals surface area (Å²) in [4.78, 5) is 11.5. The molecule has 3 aromatic rings. The molecule has 108 valence electrons. The fraction of sp³-hybridized carbons (Fsp3) is 0.188. The minimum absolute atomic E-state index is 0.287. The van der Waals surface area contributed by atoms with Gasteiger partial charge < -0.3 is 4.42 Å². The molecule has 1 atom stereocenters. The predicted octanol–water partition coefficient (Wildman–Crippen LogP) is 3.91. The van der Waals surface area contributed by atoms with E-state index in [2.05, 4.69) is 0 Å². The molecule has 0 bridgehead atoms. The number of benzene rings is 2. The molecular formula is C16H13ClFNO2. The van der Waals surface area contributed by atoms with Gasteiger partial charge in [-0.3, -0.25) is 4.57 Å². The monoisotopic (exact) mass is 305 g/mol. The summed E-state index contributed by atoms with van der Waals surface area (Å²) in [6, 6.07) is 9.90. The predicted molar refractivity (Wildman–Crippen MR) is 80.3 cm³/mol. The molecule has 0 aliphatic heterocycles. The van der Waals surface area contributed by atoms with E-state index >= 15 is 0 Å². The maximum atomic E-state index is 13.2. The Kier molecular flexibility index (Phi) is 3.33. The number of fused-ring (bicyclic) bond motifs is 1. The largest absolute Gasteiger partial charge is 0.419 e. The third kappa shape index (κ3) is 2.36. The Morgan fingerprint density at radius 2 is 2.00 bits per heavy atom. The Morgan fingerprint density at radius 1 is 1.24 bits per heavy atom. The molecule has 0 saturated heterocycles. The van der Waals surface area contributed by atoms with Gasteiger partial charge in [0.05, 0.1) is 10.9 Å². The van der Waals surface area contributed by atoms with E-state index in [4.69, 9.17) is 16.0 Å². The van der Waals surface area contributed by atoms with Crippen molar-refractivity contribution in [1.82, 2.24) is 4.57 Å². The lowest BCUT2D eigenvalue weighted by atomic mass is 9.99. The summed E-state index contributed by atoms with van der Waals surface area (Å²) in [7, 11) is 1.65. The molecular weight excluding hydrogens is 293 g/mol. The summed E-state index contributed by atoms with van der Waals surface area (Å²) in [6.45, 7) is 1.81. The Balaban J connectivity index is 2.09. The van der Waals surface area contributed by atoms with E-state index in [1.165, 1.54) is 16.7 Å². The van der Waals surface area contributed by atoms with E-state index in [9.17, 15) is 9.18 Å². The average molecular weight is 306 g/mol. The maximum absolute atomic E-state index is 13.2. The highest BCUT2D eigenvalue weighted by Crippen LogP contribution is 2.32. The molecule has 0 amide bonds. The lowest BCUT2D eigenvalue weighted by molar-refractivity contribution is 0.528. The van der Waals surface area contributed by atoms with Gasteiger partial charge in [0, 0.05) is 7.05 Å². The van der Waals surface area contributed by atoms with Crippen LogP contribution >= 0.6 is 11.6 Å². The van der Waals surface area contributed by atoms with Crippen molar-refractivity contribution < 1.29 is 8.81 Å². The van der Waals surface area contributed by atoms with E-state index in [0.717, 1.165) is 16.7 Å². The van der Waals surface area contributed by atoms with Crippen LogP contribution in [0.25, 0.3) is 11.1 Å². The van der Waals surface area contributed by atoms with Gasteiger partial charge in [0.15, 0.2) is 5.58 Å². The first-order valence-electron chi connectivity index (χ1n) is 6.47. The van der Waals surface area contributed by atoms with Gasteiger partial charge in [-0.15, -0.1) is 11.6 Å². The molecule has 0 spiro atoms. The van der Waals surface area contributed by atoms with Gasteiger partial charge in [-0.2, -0.15) is 0 Å². The fourth-order valence-electron chi connectivity index (χ4n) is 2.41. The van der Waals surface area contributed by atoms with Gasteiger partial charge >= 0.3 is 5.76 Å². The molecule has 21 heavy (non-hydrogen) atoms. The van der Waals surface area contributed by atoms with Crippen molar-refractivity contribution in [2.75, 3.05) is 0 Å². The van der Waals surface area contributed by atoms with E-state index in [-0.39, 0.29) is 5.82 Å². The summed E-state index contributed by atoms with van der Waals surface area (Å²) < 4.78 is 19.8. The number of aromatic nitrogens is 1. The van der Waals surface area contributed by atoms with Crippen LogP contribution in [-0.2, 0) is 7.05 Å². The van der Waals surface area contributed by atoms with Crippen LogP contribution in [0.2, 0.25) is 0 Å². The Labute approximate surface area is 125 Å². The van der Waals surface area contributed by atoms with Crippen molar-refractivity contribution in [3.05, 3.63) is 69.5 Å². The molecule has 2 aromatic carbocycles. The zero-order valence-corrected chi connectivity index (χ0v) is 12.3. The van der Waals surface area contributed by atoms with Gasteiger partial charge in [0.25, 0.3) is 0 Å². The van der Waals surface area contributed by atoms with E-state index < -0.39 is 11.1 Å². The van der Waals surface area contributed by atoms with Crippen molar-refractivity contribution in [1.29, 1.82) is 0 Å². The second-order valence-electron chi connectivity index (χ2n) is 5.02. The average Bonchev–Trinajstić information content (AvgIpc) is 2.73. The summed E-state index contributed by atoms with van der Waals surface area (Å²) in [5.41, 5.74) is 3.61. The number of rotatable bonds is 2. The summed E-state index contributed by atoms with van der Waals surface area (Å²) >= 11 is 6.49. The Morgan fingerprint density at radius 3 is 2.71 bits per heavy atom. The lowest BCUT2D eigenvalue weighted by Gasteiger charge is -2.13. The van der Waals surface area contributed by atoms with Crippen LogP contribution in [0.1, 0.15) is 22.1 Å². The maximum Gasteiger partial charge on any atom is 0.419 e. The number of aryl methyl sites for hydroxylation is 2. The molecule has 0 saturated carbocycles. The highest BCUT2D eigenvalue weighted by molar-refractivity contribution is 6.22. The van der Waals surface area contributed by atoms with Gasteiger partial charge in [-0.25, -0.2) is 9.18 Å². The van der Waals surface area contributed by atoms with E-state index in [1.54, 1.807) is 25.2 Å². The Bertz CT molecular complexity index is 882. The fourth-order valence-corrected chi connectivity index (χ4v) is 2.79. The van der Waals surface area contributed by atoms with Crippen molar-refractivity contribution in [3.8, 4) is 0 Å². The first-order valence-corrected chi connectivity index (χ1v) is 6.90. The molecule has 3 rings (SSSR count). The highest BCUT2D eigenvalue weighted by Gasteiger charge is 2.16. The molecule has 1 unspecified atom stereocenters. The number of hydrogen-bond donors (Lipinski definition) is 0. The summed E-state index contributed by atoms with van der Waals surface area (Å²) in [6.07, 6.45) is 0. The first-order chi connectivity index (χ1) is 9.97. The number of halogens is 2. The zero-order valence-electron chi connectivity index (χ0n) is 11.6. The van der Waals surface area contributed by atoms with Gasteiger partial charge in [0.2, 0.25) is 0 Å². The van der Waals surface area contributed by atoms with Crippen LogP contribution in [0.4, 0.5) is 4.39 Å². The Hall–Kier alpha value is -2.07. The van der Waals surface area contributed by atoms with Crippen LogP contribution in [0, 0.1) is 12.7 Å². The van der Waals surface area contributed by atoms with Crippen molar-refractivity contribution in [2.24, 2.45) is 7.05 Å². The molecule has 3 nitrogen and oxygen atoms in total. The first kappa shape index (κ1) is 13.9. The van der Waals surface area contributed by atoms with Crippen LogP contribution in [0.5, 0.6) is 0 Å². The van der Waals surface area contributed by atoms with Crippen LogP contribution in [-0.4, -0.2) is 4.57 Å². The van der Waals surface area contributed by atoms with Crippen molar-refractivity contribution >= 4 is 22.7 Å². The van der Waals surface area contributed by atoms with E-state index in [1.807, 2.05) is 13.0 Å². The molecule has 5 heteroatoms. The zero-order chi connectivity index (χ0) is 15.1. The minimum Gasteiger partial charge on any atom is -0.408 e. The highest BCUT2D eigenvalue weighted by atomic mass is 35.5. The third-order valence-corrected chi connectivity index (χ3v) is 4.10. The van der Waals surface area contributed by atoms with Crippen molar-refractivity contribution in [2.45, 2.75) is 12.3 Å². The normalized spacial score (nSPS) is 12.8. The number of oxazole rings is 1. The van der Waals surface area contributed by atoms with Gasteiger partial charge in [-0.05, 0) is 47.9 Å². The lowest BCUT2D eigenvalue weighted by Crippen LogP contribution is -2.08. The quantitative estimate of drug-likeness (QED) is 0.673. The molecule has 0 fully saturated rings. The summed E-state index contributed by atoms with van der Waals surface area (Å²) in [5, 5.41) is -0.430. The van der Waals surface area contributed by atoms with Crippen molar-refractivity contribution in [3.63, 3.8) is 0 Å². The summed E-state index contributed by atoms with van der Waals surface area (Å²) in [5.74, 6) is -0.698. The van der Waals surface area contributed by atoms with Gasteiger partial charge in [-0.1, -0.05) is 12.1 Å². The van der Waals surface area contributed by atoms with E-state index in [0.29, 0.717) is 11.1 Å². The van der Waals surface area contributed by atoms with Gasteiger partial charge in [0.1, 0.15) is 5.82 Å². The standard InChI is InChI=1S/C16H13ClFNO2/c1-9-7-11(18)4-5-12(9)15(17)10-3-6-13-14(8-10)21-16(20)19(13)2/h3-8,15H,1-2H3. The number of hydrogen-bond acceptors (Lipinski definition) is 2. The molecule has 0 aliphatic carbocycles. The van der Waals surface area contributed by atoms with Crippen LogP contribution < -0.4 is 5.76 Å². The second-order valence-corrected chi connectivity index (χ2v) is 5.45. The van der Waals surface area contributed by atoms with Crippen LogP contribution in [0.3, 0.4) is 0 Å². The molecule has 0 radical (unpaired) electrons. The minimum atomic E-state index is -0.430. The molecule has 1 aromatic heterocycles. The number of alkyl halides is 1. The number of nitrogens with zero attached hydrogens (tertiary/aromatic N) is 1. The molecule has 1 heterocycles. The second kappa shape index (κ2) is 5.04. The molecule has 0 N–H and O–H groups in total. The third-order valence-electron chi connectivity index (χ3n) is 3.61. The molecule has 0 aliphatic rings. The smallest absolute Gasteiger partial charge is 0.408 e. The van der Waals surface area contributed by atoms with Crippen LogP contribution in [0.15, 0.2) is 45.6 Å².